The van der Waals surface area contributed by atoms with Gasteiger partial charge in [0.2, 0.25) is 11.7 Å². The third-order valence-electron chi connectivity index (χ3n) is 5.13. The Balaban J connectivity index is 1.36. The van der Waals surface area contributed by atoms with Gasteiger partial charge in [0.05, 0.1) is 30.9 Å². The minimum Gasteiger partial charge on any atom is -0.598 e. The number of aromatic nitrogens is 4. The molecule has 0 saturated carbocycles. The lowest BCUT2D eigenvalue weighted by atomic mass is 10.0. The quantitative estimate of drug-likeness (QED) is 0.475. The summed E-state index contributed by atoms with van der Waals surface area (Å²) < 4.78 is 34.6. The highest BCUT2D eigenvalue weighted by atomic mass is 32.2. The van der Waals surface area contributed by atoms with Crippen LogP contribution < -0.4 is 5.32 Å². The fourth-order valence-electron chi connectivity index (χ4n) is 3.37. The Bertz CT molecular complexity index is 1270. The fourth-order valence-corrected chi connectivity index (χ4v) is 4.15. The van der Waals surface area contributed by atoms with Gasteiger partial charge in [-0.25, -0.2) is 9.37 Å². The van der Waals surface area contributed by atoms with Crippen molar-refractivity contribution in [1.82, 2.24) is 23.8 Å². The Morgan fingerprint density at radius 2 is 2.16 bits per heavy atom. The smallest absolute Gasteiger partial charge is 0.274 e. The maximum Gasteiger partial charge on any atom is 0.274 e. The van der Waals surface area contributed by atoms with Gasteiger partial charge in [-0.1, -0.05) is 11.2 Å². The summed E-state index contributed by atoms with van der Waals surface area (Å²) in [6.07, 6.45) is 4.76. The molecule has 1 atom stereocenters. The zero-order chi connectivity index (χ0) is 21.5. The third-order valence-corrected chi connectivity index (χ3v) is 6.15. The average Bonchev–Trinajstić information content (AvgIpc) is 3.35. The lowest BCUT2D eigenvalue weighted by Crippen LogP contribution is -2.47. The van der Waals surface area contributed by atoms with Crippen molar-refractivity contribution in [3.63, 3.8) is 0 Å². The van der Waals surface area contributed by atoms with Gasteiger partial charge < -0.3 is 14.4 Å². The standard InChI is InChI=1S/C20H17FN6O3S/c1-31(29)26-10-13(11-26)20-24-18(25-30-20)12-5-6-14(21)15(8-12)23-19(28)16-9-22-17-4-2-3-7-27(16)17/h2-9,13H,10-11H2,1H3,(H,23,28). The first-order valence-corrected chi connectivity index (χ1v) is 11.0. The molecule has 4 heterocycles. The summed E-state index contributed by atoms with van der Waals surface area (Å²) in [7, 11) is 0. The van der Waals surface area contributed by atoms with Gasteiger partial charge in [-0.3, -0.25) is 9.20 Å². The van der Waals surface area contributed by atoms with Crippen molar-refractivity contribution in [2.75, 3.05) is 24.7 Å². The average molecular weight is 440 g/mol. The first-order valence-electron chi connectivity index (χ1n) is 9.45. The Labute approximate surface area is 179 Å². The number of benzene rings is 1. The molecule has 31 heavy (non-hydrogen) atoms. The molecule has 0 spiro atoms. The molecule has 1 aliphatic heterocycles. The Hall–Kier alpha value is -3.28. The topological polar surface area (TPSA) is 112 Å². The monoisotopic (exact) mass is 440 g/mol. The number of fused-ring (bicyclic) bond motifs is 1. The van der Waals surface area contributed by atoms with Crippen molar-refractivity contribution in [2.24, 2.45) is 0 Å². The number of hydrogen-bond donors (Lipinski definition) is 1. The third kappa shape index (κ3) is 3.67. The minimum absolute atomic E-state index is 0.00377. The van der Waals surface area contributed by atoms with E-state index in [2.05, 4.69) is 20.4 Å². The molecule has 1 saturated heterocycles. The van der Waals surface area contributed by atoms with Gasteiger partial charge in [0.1, 0.15) is 23.4 Å². The van der Waals surface area contributed by atoms with Crippen LogP contribution in [0.1, 0.15) is 22.3 Å². The molecule has 1 aromatic carbocycles. The van der Waals surface area contributed by atoms with E-state index in [0.717, 1.165) is 0 Å². The molecular formula is C20H17FN6O3S. The highest BCUT2D eigenvalue weighted by molar-refractivity contribution is 7.88. The van der Waals surface area contributed by atoms with Gasteiger partial charge in [-0.05, 0) is 30.3 Å². The highest BCUT2D eigenvalue weighted by Crippen LogP contribution is 2.30. The predicted molar refractivity (Wildman–Crippen MR) is 111 cm³/mol. The largest absolute Gasteiger partial charge is 0.598 e. The summed E-state index contributed by atoms with van der Waals surface area (Å²) in [5, 5.41) is 6.55. The molecule has 1 aliphatic rings. The number of carbonyl (C=O) groups excluding carboxylic acids is 1. The molecule has 5 rings (SSSR count). The van der Waals surface area contributed by atoms with Gasteiger partial charge in [-0.15, -0.1) is 4.31 Å². The number of imidazole rings is 1. The van der Waals surface area contributed by atoms with Gasteiger partial charge in [-0.2, -0.15) is 4.98 Å². The van der Waals surface area contributed by atoms with E-state index in [0.29, 0.717) is 30.2 Å². The molecule has 1 fully saturated rings. The molecule has 158 valence electrons. The van der Waals surface area contributed by atoms with E-state index < -0.39 is 23.1 Å². The lowest BCUT2D eigenvalue weighted by Gasteiger charge is -2.34. The maximum atomic E-state index is 14.4. The summed E-state index contributed by atoms with van der Waals surface area (Å²) in [6, 6.07) is 9.57. The molecule has 0 radical (unpaired) electrons. The molecular weight excluding hydrogens is 423 g/mol. The van der Waals surface area contributed by atoms with Gasteiger partial charge in [0, 0.05) is 23.1 Å². The zero-order valence-electron chi connectivity index (χ0n) is 16.4. The van der Waals surface area contributed by atoms with E-state index in [1.165, 1.54) is 24.4 Å². The molecule has 0 aliphatic carbocycles. The second kappa shape index (κ2) is 7.76. The van der Waals surface area contributed by atoms with E-state index in [1.807, 2.05) is 6.07 Å². The van der Waals surface area contributed by atoms with Crippen LogP contribution >= 0.6 is 0 Å². The van der Waals surface area contributed by atoms with Crippen LogP contribution in [0.2, 0.25) is 0 Å². The first kappa shape index (κ1) is 19.7. The van der Waals surface area contributed by atoms with Crippen LogP contribution in [0, 0.1) is 5.82 Å². The van der Waals surface area contributed by atoms with Crippen molar-refractivity contribution in [2.45, 2.75) is 5.92 Å². The van der Waals surface area contributed by atoms with E-state index in [-0.39, 0.29) is 23.1 Å². The lowest BCUT2D eigenvalue weighted by molar-refractivity contribution is 0.102. The second-order valence-electron chi connectivity index (χ2n) is 7.14. The molecule has 4 aromatic rings. The van der Waals surface area contributed by atoms with Crippen LogP contribution in [-0.4, -0.2) is 53.6 Å². The van der Waals surface area contributed by atoms with Crippen molar-refractivity contribution in [3.05, 3.63) is 66.2 Å². The number of halogens is 1. The number of nitrogens with zero attached hydrogens (tertiary/aromatic N) is 5. The van der Waals surface area contributed by atoms with Crippen LogP contribution in [0.5, 0.6) is 0 Å². The normalized spacial score (nSPS) is 15.7. The number of amides is 1. The van der Waals surface area contributed by atoms with Gasteiger partial charge >= 0.3 is 0 Å². The Morgan fingerprint density at radius 3 is 2.97 bits per heavy atom. The van der Waals surface area contributed by atoms with Crippen molar-refractivity contribution >= 4 is 28.6 Å². The minimum atomic E-state index is -1.03. The fraction of sp³-hybridized carbons (Fsp3) is 0.200. The van der Waals surface area contributed by atoms with E-state index >= 15 is 0 Å². The molecule has 3 aromatic heterocycles. The van der Waals surface area contributed by atoms with Gasteiger partial charge in [0.25, 0.3) is 5.91 Å². The Morgan fingerprint density at radius 1 is 1.32 bits per heavy atom. The van der Waals surface area contributed by atoms with Gasteiger partial charge in [0.15, 0.2) is 0 Å². The van der Waals surface area contributed by atoms with E-state index in [1.54, 1.807) is 33.3 Å². The summed E-state index contributed by atoms with van der Waals surface area (Å²) >= 11 is -1.03. The number of rotatable bonds is 5. The van der Waals surface area contributed by atoms with Crippen molar-refractivity contribution < 1.29 is 18.3 Å². The van der Waals surface area contributed by atoms with Crippen LogP contribution in [0.3, 0.4) is 0 Å². The molecule has 11 heteroatoms. The molecule has 1 unspecified atom stereocenters. The van der Waals surface area contributed by atoms with Crippen LogP contribution in [0.25, 0.3) is 17.0 Å². The summed E-state index contributed by atoms with van der Waals surface area (Å²) in [5.41, 5.74) is 1.39. The number of hydrogen-bond acceptors (Lipinski definition) is 7. The maximum absolute atomic E-state index is 14.4. The number of pyridine rings is 1. The molecule has 1 N–H and O–H groups in total. The van der Waals surface area contributed by atoms with Crippen LogP contribution in [0.4, 0.5) is 10.1 Å². The summed E-state index contributed by atoms with van der Waals surface area (Å²) in [4.78, 5) is 21.3. The SMILES string of the molecule is C[S+]([O-])N1CC(c2nc(-c3ccc(F)c(NC(=O)c4cnc5ccccn45)c3)no2)C1. The number of carbonyl (C=O) groups is 1. The van der Waals surface area contributed by atoms with E-state index in [4.69, 9.17) is 4.52 Å². The van der Waals surface area contributed by atoms with E-state index in [9.17, 15) is 13.7 Å². The number of anilines is 1. The van der Waals surface area contributed by atoms with Crippen LogP contribution in [-0.2, 0) is 11.4 Å². The van der Waals surface area contributed by atoms with Crippen molar-refractivity contribution in [1.29, 1.82) is 0 Å². The van der Waals surface area contributed by atoms with Crippen molar-refractivity contribution in [3.8, 4) is 11.4 Å². The summed E-state index contributed by atoms with van der Waals surface area (Å²) in [5.74, 6) is -0.339. The molecule has 9 nitrogen and oxygen atoms in total. The summed E-state index contributed by atoms with van der Waals surface area (Å²) in [6.45, 7) is 1.16. The first-order chi connectivity index (χ1) is 15.0. The predicted octanol–water partition coefficient (Wildman–Crippen LogP) is 2.47. The molecule has 1 amide bonds. The number of nitrogens with one attached hydrogen (secondary N) is 1. The second-order valence-corrected chi connectivity index (χ2v) is 8.51. The highest BCUT2D eigenvalue weighted by Gasteiger charge is 2.38. The van der Waals surface area contributed by atoms with Crippen LogP contribution in [0.15, 0.2) is 53.3 Å². The zero-order valence-corrected chi connectivity index (χ0v) is 17.2. The Kier molecular flexibility index (Phi) is 4.93. The molecule has 0 bridgehead atoms.